The number of H-pyrrole nitrogens is 1. The Labute approximate surface area is 97.0 Å². The molecule has 1 aromatic heterocycles. The van der Waals surface area contributed by atoms with Gasteiger partial charge >= 0.3 is 0 Å². The highest BCUT2D eigenvalue weighted by Gasteiger charge is 2.15. The monoisotopic (exact) mass is 312 g/mol. The van der Waals surface area contributed by atoms with Gasteiger partial charge in [0.15, 0.2) is 10.6 Å². The summed E-state index contributed by atoms with van der Waals surface area (Å²) in [5, 5.41) is 0. The van der Waals surface area contributed by atoms with Crippen LogP contribution in [0.3, 0.4) is 0 Å². The molecule has 80 valence electrons. The fourth-order valence-corrected chi connectivity index (χ4v) is 2.32. The topological polar surface area (TPSA) is 62.8 Å². The SMILES string of the molecule is O=S(=O)(Cl)c1cc(F)c2nc(Br)[nH]c2c1. The number of hydrogen-bond donors (Lipinski definition) is 1. The standard InChI is InChI=1S/C7H3BrClFN2O2S/c8-7-11-5-2-3(15(9,13)14)1-4(10)6(5)12-7/h1-2H,(H,11,12). The van der Waals surface area contributed by atoms with Crippen molar-refractivity contribution in [3.63, 3.8) is 0 Å². The molecule has 1 heterocycles. The molecule has 2 aromatic rings. The summed E-state index contributed by atoms with van der Waals surface area (Å²) in [5.74, 6) is -0.742. The van der Waals surface area contributed by atoms with Gasteiger partial charge in [-0.2, -0.15) is 0 Å². The zero-order valence-corrected chi connectivity index (χ0v) is 10.1. The van der Waals surface area contributed by atoms with Crippen LogP contribution >= 0.6 is 26.6 Å². The molecule has 0 bridgehead atoms. The van der Waals surface area contributed by atoms with E-state index in [2.05, 4.69) is 25.9 Å². The number of aromatic nitrogens is 2. The molecule has 2 rings (SSSR count). The summed E-state index contributed by atoms with van der Waals surface area (Å²) in [7, 11) is 1.16. The van der Waals surface area contributed by atoms with Gasteiger partial charge in [-0.05, 0) is 28.1 Å². The molecule has 15 heavy (non-hydrogen) atoms. The minimum atomic E-state index is -3.94. The number of benzene rings is 1. The number of nitrogens with zero attached hydrogens (tertiary/aromatic N) is 1. The second kappa shape index (κ2) is 3.43. The van der Waals surface area contributed by atoms with Crippen molar-refractivity contribution in [3.8, 4) is 0 Å². The van der Waals surface area contributed by atoms with E-state index < -0.39 is 14.9 Å². The maximum absolute atomic E-state index is 13.4. The summed E-state index contributed by atoms with van der Waals surface area (Å²) in [6.45, 7) is 0. The van der Waals surface area contributed by atoms with E-state index in [1.54, 1.807) is 0 Å². The third-order valence-electron chi connectivity index (χ3n) is 1.77. The van der Waals surface area contributed by atoms with Crippen LogP contribution in [0.5, 0.6) is 0 Å². The van der Waals surface area contributed by atoms with Crippen LogP contribution in [0.1, 0.15) is 0 Å². The van der Waals surface area contributed by atoms with Crippen LogP contribution in [0, 0.1) is 5.82 Å². The van der Waals surface area contributed by atoms with Crippen LogP contribution in [0.4, 0.5) is 4.39 Å². The van der Waals surface area contributed by atoms with Gasteiger partial charge in [0, 0.05) is 10.7 Å². The van der Waals surface area contributed by atoms with Gasteiger partial charge in [-0.1, -0.05) is 0 Å². The minimum absolute atomic E-state index is 0.0611. The molecule has 1 N–H and O–H groups in total. The lowest BCUT2D eigenvalue weighted by Gasteiger charge is -1.96. The van der Waals surface area contributed by atoms with Gasteiger partial charge in [-0.25, -0.2) is 17.8 Å². The molecule has 0 fully saturated rings. The van der Waals surface area contributed by atoms with Gasteiger partial charge in [0.1, 0.15) is 5.52 Å². The molecular weight excluding hydrogens is 311 g/mol. The van der Waals surface area contributed by atoms with Crippen LogP contribution in [0.2, 0.25) is 0 Å². The molecule has 0 aliphatic carbocycles. The smallest absolute Gasteiger partial charge is 0.261 e. The Kier molecular flexibility index (Phi) is 2.48. The second-order valence-electron chi connectivity index (χ2n) is 2.77. The third kappa shape index (κ3) is 1.99. The van der Waals surface area contributed by atoms with Crippen molar-refractivity contribution in [1.29, 1.82) is 0 Å². The fraction of sp³-hybridized carbons (Fsp3) is 0. The number of halogens is 3. The van der Waals surface area contributed by atoms with E-state index in [9.17, 15) is 12.8 Å². The first-order valence-corrected chi connectivity index (χ1v) is 6.77. The summed E-state index contributed by atoms with van der Waals surface area (Å²) in [5.41, 5.74) is 0.326. The summed E-state index contributed by atoms with van der Waals surface area (Å²) in [6.07, 6.45) is 0. The minimum Gasteiger partial charge on any atom is -0.332 e. The largest absolute Gasteiger partial charge is 0.332 e. The number of imidazole rings is 1. The summed E-state index contributed by atoms with van der Waals surface area (Å²) in [6, 6.07) is 2.05. The van der Waals surface area contributed by atoms with Crippen molar-refractivity contribution in [2.24, 2.45) is 0 Å². The lowest BCUT2D eigenvalue weighted by molar-refractivity contribution is 0.605. The van der Waals surface area contributed by atoms with Crippen molar-refractivity contribution in [3.05, 3.63) is 22.7 Å². The van der Waals surface area contributed by atoms with E-state index >= 15 is 0 Å². The Morgan fingerprint density at radius 3 is 2.73 bits per heavy atom. The van der Waals surface area contributed by atoms with Crippen molar-refractivity contribution in [2.75, 3.05) is 0 Å². The maximum atomic E-state index is 13.4. The molecule has 0 aliphatic heterocycles. The van der Waals surface area contributed by atoms with Crippen LogP contribution in [-0.4, -0.2) is 18.4 Å². The number of nitrogens with one attached hydrogen (secondary N) is 1. The first-order valence-electron chi connectivity index (χ1n) is 3.67. The Morgan fingerprint density at radius 2 is 2.13 bits per heavy atom. The Morgan fingerprint density at radius 1 is 1.47 bits per heavy atom. The Balaban J connectivity index is 2.84. The van der Waals surface area contributed by atoms with Crippen LogP contribution < -0.4 is 0 Å². The first kappa shape index (κ1) is 10.8. The normalized spacial score (nSPS) is 12.2. The van der Waals surface area contributed by atoms with E-state index in [0.717, 1.165) is 6.07 Å². The molecule has 0 spiro atoms. The molecule has 0 atom stereocenters. The summed E-state index contributed by atoms with van der Waals surface area (Å²) < 4.78 is 35.7. The quantitative estimate of drug-likeness (QED) is 0.822. The summed E-state index contributed by atoms with van der Waals surface area (Å²) >= 11 is 3.02. The zero-order valence-electron chi connectivity index (χ0n) is 6.96. The van der Waals surface area contributed by atoms with Crippen LogP contribution in [0.15, 0.2) is 21.8 Å². The van der Waals surface area contributed by atoms with Gasteiger partial charge in [0.2, 0.25) is 0 Å². The van der Waals surface area contributed by atoms with Crippen molar-refractivity contribution < 1.29 is 12.8 Å². The van der Waals surface area contributed by atoms with Crippen molar-refractivity contribution in [1.82, 2.24) is 9.97 Å². The maximum Gasteiger partial charge on any atom is 0.261 e. The van der Waals surface area contributed by atoms with Gasteiger partial charge in [-0.15, -0.1) is 0 Å². The lowest BCUT2D eigenvalue weighted by atomic mass is 10.3. The van der Waals surface area contributed by atoms with Crippen molar-refractivity contribution in [2.45, 2.75) is 4.90 Å². The zero-order chi connectivity index (χ0) is 11.2. The average Bonchev–Trinajstić information content (AvgIpc) is 2.44. The highest BCUT2D eigenvalue weighted by molar-refractivity contribution is 9.10. The Bertz CT molecular complexity index is 640. The van der Waals surface area contributed by atoms with E-state index in [4.69, 9.17) is 10.7 Å². The molecule has 0 amide bonds. The first-order chi connectivity index (χ1) is 6.88. The van der Waals surface area contributed by atoms with Gasteiger partial charge in [-0.3, -0.25) is 0 Å². The molecule has 8 heteroatoms. The Hall–Kier alpha value is -0.660. The molecule has 0 aliphatic rings. The number of aromatic amines is 1. The van der Waals surface area contributed by atoms with Gasteiger partial charge < -0.3 is 4.98 Å². The molecular formula is C7H3BrClFN2O2S. The van der Waals surface area contributed by atoms with E-state index in [0.29, 0.717) is 4.73 Å². The lowest BCUT2D eigenvalue weighted by Crippen LogP contribution is -1.92. The molecule has 4 nitrogen and oxygen atoms in total. The molecule has 0 saturated carbocycles. The highest BCUT2D eigenvalue weighted by atomic mass is 79.9. The molecule has 1 aromatic carbocycles. The van der Waals surface area contributed by atoms with Gasteiger partial charge in [0.25, 0.3) is 9.05 Å². The van der Waals surface area contributed by atoms with E-state index in [1.807, 2.05) is 0 Å². The number of rotatable bonds is 1. The predicted octanol–water partition coefficient (Wildman–Crippen LogP) is 2.39. The highest BCUT2D eigenvalue weighted by Crippen LogP contribution is 2.24. The average molecular weight is 314 g/mol. The fourth-order valence-electron chi connectivity index (χ4n) is 1.16. The van der Waals surface area contributed by atoms with E-state index in [1.165, 1.54) is 6.07 Å². The molecule has 0 unspecified atom stereocenters. The third-order valence-corrected chi connectivity index (χ3v) is 3.48. The predicted molar refractivity (Wildman–Crippen MR) is 56.8 cm³/mol. The van der Waals surface area contributed by atoms with E-state index in [-0.39, 0.29) is 15.9 Å². The van der Waals surface area contributed by atoms with Crippen LogP contribution in [-0.2, 0) is 9.05 Å². The van der Waals surface area contributed by atoms with Gasteiger partial charge in [0.05, 0.1) is 10.4 Å². The molecule has 0 radical (unpaired) electrons. The number of hydrogen-bond acceptors (Lipinski definition) is 3. The summed E-state index contributed by atoms with van der Waals surface area (Å²) in [4.78, 5) is 6.14. The molecule has 0 saturated heterocycles. The van der Waals surface area contributed by atoms with Crippen molar-refractivity contribution >= 4 is 46.7 Å². The number of fused-ring (bicyclic) bond motifs is 1. The van der Waals surface area contributed by atoms with Crippen LogP contribution in [0.25, 0.3) is 11.0 Å². The second-order valence-corrected chi connectivity index (χ2v) is 6.08.